The van der Waals surface area contributed by atoms with Gasteiger partial charge in [0.1, 0.15) is 0 Å². The number of ketones is 1. The van der Waals surface area contributed by atoms with Crippen molar-refractivity contribution in [3.05, 3.63) is 72.8 Å². The van der Waals surface area contributed by atoms with E-state index in [1.54, 1.807) is 19.3 Å². The summed E-state index contributed by atoms with van der Waals surface area (Å²) in [5.74, 6) is 0.0848. The first kappa shape index (κ1) is 12.4. The molecule has 1 aromatic carbocycles. The maximum atomic E-state index is 11.3. The molecule has 3 aromatic rings. The predicted octanol–water partition coefficient (Wildman–Crippen LogP) is 3.74. The molecule has 3 nitrogen and oxygen atoms in total. The summed E-state index contributed by atoms with van der Waals surface area (Å²) in [4.78, 5) is 15.3. The van der Waals surface area contributed by atoms with Crippen molar-refractivity contribution in [3.63, 3.8) is 0 Å². The Morgan fingerprint density at radius 3 is 2.30 bits per heavy atom. The number of hydrogen-bond acceptors (Lipinski definition) is 2. The molecule has 0 atom stereocenters. The molecule has 98 valence electrons. The van der Waals surface area contributed by atoms with E-state index in [1.807, 2.05) is 47.2 Å². The molecule has 0 fully saturated rings. The Hall–Kier alpha value is -2.68. The summed E-state index contributed by atoms with van der Waals surface area (Å²) in [5.41, 5.74) is 4.05. The summed E-state index contributed by atoms with van der Waals surface area (Å²) in [5, 5.41) is 0. The number of carbonyl (C=O) groups excluding carboxylic acids is 1. The first-order chi connectivity index (χ1) is 9.74. The van der Waals surface area contributed by atoms with Crippen molar-refractivity contribution >= 4 is 5.78 Å². The van der Waals surface area contributed by atoms with Crippen LogP contribution in [0, 0.1) is 0 Å². The summed E-state index contributed by atoms with van der Waals surface area (Å²) < 4.78 is 2.04. The highest BCUT2D eigenvalue weighted by Crippen LogP contribution is 2.21. The van der Waals surface area contributed by atoms with E-state index in [4.69, 9.17) is 0 Å². The van der Waals surface area contributed by atoms with Crippen LogP contribution >= 0.6 is 0 Å². The van der Waals surface area contributed by atoms with Gasteiger partial charge in [-0.2, -0.15) is 0 Å². The van der Waals surface area contributed by atoms with E-state index in [0.717, 1.165) is 22.4 Å². The standard InChI is InChI=1S/C17H14N2O/c1-13(20)14-2-4-17(5-3-14)19-11-8-16(12-19)15-6-9-18-10-7-15/h2-12H,1H3. The van der Waals surface area contributed by atoms with Crippen LogP contribution in [0.2, 0.25) is 0 Å². The van der Waals surface area contributed by atoms with Gasteiger partial charge >= 0.3 is 0 Å². The van der Waals surface area contributed by atoms with Gasteiger partial charge in [-0.1, -0.05) is 0 Å². The van der Waals surface area contributed by atoms with Gasteiger partial charge in [0.2, 0.25) is 0 Å². The summed E-state index contributed by atoms with van der Waals surface area (Å²) in [7, 11) is 0. The van der Waals surface area contributed by atoms with Gasteiger partial charge in [-0.05, 0) is 60.5 Å². The average molecular weight is 262 g/mol. The highest BCUT2D eigenvalue weighted by atomic mass is 16.1. The number of aromatic nitrogens is 2. The quantitative estimate of drug-likeness (QED) is 0.674. The van der Waals surface area contributed by atoms with Crippen molar-refractivity contribution < 1.29 is 4.79 Å². The zero-order valence-corrected chi connectivity index (χ0v) is 11.2. The van der Waals surface area contributed by atoms with Crippen molar-refractivity contribution in [2.75, 3.05) is 0 Å². The van der Waals surface area contributed by atoms with Gasteiger partial charge in [0.15, 0.2) is 5.78 Å². The van der Waals surface area contributed by atoms with E-state index >= 15 is 0 Å². The van der Waals surface area contributed by atoms with E-state index in [1.165, 1.54) is 0 Å². The molecule has 0 N–H and O–H groups in total. The lowest BCUT2D eigenvalue weighted by atomic mass is 10.1. The second-order valence-electron chi connectivity index (χ2n) is 4.65. The zero-order valence-electron chi connectivity index (χ0n) is 11.2. The number of pyridine rings is 1. The molecule has 0 aliphatic carbocycles. The fourth-order valence-electron chi connectivity index (χ4n) is 2.14. The summed E-state index contributed by atoms with van der Waals surface area (Å²) in [6.45, 7) is 1.58. The van der Waals surface area contributed by atoms with Gasteiger partial charge in [-0.25, -0.2) is 0 Å². The second-order valence-corrected chi connectivity index (χ2v) is 4.65. The van der Waals surface area contributed by atoms with Crippen molar-refractivity contribution in [1.29, 1.82) is 0 Å². The number of hydrogen-bond donors (Lipinski definition) is 0. The second kappa shape index (κ2) is 5.13. The molecule has 3 heteroatoms. The maximum absolute atomic E-state index is 11.3. The Labute approximate surface area is 117 Å². The largest absolute Gasteiger partial charge is 0.323 e. The Morgan fingerprint density at radius 1 is 0.950 bits per heavy atom. The lowest BCUT2D eigenvalue weighted by Gasteiger charge is -2.03. The van der Waals surface area contributed by atoms with Crippen molar-refractivity contribution in [2.45, 2.75) is 6.92 Å². The average Bonchev–Trinajstić information content (AvgIpc) is 2.98. The van der Waals surface area contributed by atoms with Crippen LogP contribution < -0.4 is 0 Å². The molecule has 0 aliphatic heterocycles. The molecule has 0 saturated carbocycles. The molecule has 20 heavy (non-hydrogen) atoms. The maximum Gasteiger partial charge on any atom is 0.159 e. The van der Waals surface area contributed by atoms with Gasteiger partial charge in [0.25, 0.3) is 0 Å². The Kier molecular flexibility index (Phi) is 3.17. The van der Waals surface area contributed by atoms with Gasteiger partial charge in [-0.3, -0.25) is 9.78 Å². The lowest BCUT2D eigenvalue weighted by Crippen LogP contribution is -1.94. The van der Waals surface area contributed by atoms with Crippen molar-refractivity contribution in [2.24, 2.45) is 0 Å². The van der Waals surface area contributed by atoms with Crippen LogP contribution in [-0.2, 0) is 0 Å². The predicted molar refractivity (Wildman–Crippen MR) is 79.0 cm³/mol. The molecule has 0 radical (unpaired) electrons. The van der Waals surface area contributed by atoms with E-state index in [0.29, 0.717) is 0 Å². The minimum atomic E-state index is 0.0848. The van der Waals surface area contributed by atoms with Crippen LogP contribution in [0.1, 0.15) is 17.3 Å². The monoisotopic (exact) mass is 262 g/mol. The molecule has 2 aromatic heterocycles. The molecule has 3 rings (SSSR count). The fraction of sp³-hybridized carbons (Fsp3) is 0.0588. The minimum absolute atomic E-state index is 0.0848. The normalized spacial score (nSPS) is 10.4. The molecule has 0 spiro atoms. The van der Waals surface area contributed by atoms with Gasteiger partial charge in [0, 0.05) is 36.0 Å². The molecule has 2 heterocycles. The topological polar surface area (TPSA) is 34.9 Å². The van der Waals surface area contributed by atoms with Crippen LogP contribution in [0.15, 0.2) is 67.3 Å². The lowest BCUT2D eigenvalue weighted by molar-refractivity contribution is 0.101. The fourth-order valence-corrected chi connectivity index (χ4v) is 2.14. The van der Waals surface area contributed by atoms with Crippen LogP contribution in [0.4, 0.5) is 0 Å². The third-order valence-electron chi connectivity index (χ3n) is 3.28. The van der Waals surface area contributed by atoms with Crippen molar-refractivity contribution in [3.8, 4) is 16.8 Å². The Bertz CT molecular complexity index is 727. The van der Waals surface area contributed by atoms with E-state index < -0.39 is 0 Å². The highest BCUT2D eigenvalue weighted by molar-refractivity contribution is 5.94. The first-order valence-corrected chi connectivity index (χ1v) is 6.44. The van der Waals surface area contributed by atoms with E-state index in [9.17, 15) is 4.79 Å². The number of benzene rings is 1. The smallest absolute Gasteiger partial charge is 0.159 e. The third kappa shape index (κ3) is 2.38. The van der Waals surface area contributed by atoms with Gasteiger partial charge < -0.3 is 4.57 Å². The zero-order chi connectivity index (χ0) is 13.9. The summed E-state index contributed by atoms with van der Waals surface area (Å²) in [6, 6.07) is 13.6. The van der Waals surface area contributed by atoms with E-state index in [-0.39, 0.29) is 5.78 Å². The number of nitrogens with zero attached hydrogens (tertiary/aromatic N) is 2. The van der Waals surface area contributed by atoms with E-state index in [2.05, 4.69) is 17.2 Å². The number of carbonyl (C=O) groups is 1. The SMILES string of the molecule is CC(=O)c1ccc(-n2ccc(-c3ccncc3)c2)cc1. The van der Waals surface area contributed by atoms with Gasteiger partial charge in [0.05, 0.1) is 0 Å². The molecular formula is C17H14N2O. The van der Waals surface area contributed by atoms with Crippen LogP contribution in [0.25, 0.3) is 16.8 Å². The molecule has 0 saturated heterocycles. The highest BCUT2D eigenvalue weighted by Gasteiger charge is 2.03. The van der Waals surface area contributed by atoms with Crippen LogP contribution in [0.3, 0.4) is 0 Å². The van der Waals surface area contributed by atoms with Crippen LogP contribution in [-0.4, -0.2) is 15.3 Å². The Morgan fingerprint density at radius 2 is 1.65 bits per heavy atom. The molecule has 0 bridgehead atoms. The first-order valence-electron chi connectivity index (χ1n) is 6.44. The summed E-state index contributed by atoms with van der Waals surface area (Å²) >= 11 is 0. The molecular weight excluding hydrogens is 248 g/mol. The third-order valence-corrected chi connectivity index (χ3v) is 3.28. The minimum Gasteiger partial charge on any atom is -0.323 e. The number of Topliss-reactive ketones (excluding diaryl/α,β-unsaturated/α-hetero) is 1. The molecule has 0 unspecified atom stereocenters. The Balaban J connectivity index is 1.92. The number of rotatable bonds is 3. The van der Waals surface area contributed by atoms with Gasteiger partial charge in [-0.15, -0.1) is 0 Å². The summed E-state index contributed by atoms with van der Waals surface area (Å²) in [6.07, 6.45) is 7.65. The molecule has 0 amide bonds. The molecule has 0 aliphatic rings. The van der Waals surface area contributed by atoms with Crippen molar-refractivity contribution in [1.82, 2.24) is 9.55 Å². The van der Waals surface area contributed by atoms with Crippen LogP contribution in [0.5, 0.6) is 0 Å².